The summed E-state index contributed by atoms with van der Waals surface area (Å²) in [4.78, 5) is 26.1. The van der Waals surface area contributed by atoms with Crippen LogP contribution in [0.15, 0.2) is 60.7 Å². The van der Waals surface area contributed by atoms with Crippen LogP contribution in [0.5, 0.6) is 17.2 Å². The zero-order valence-corrected chi connectivity index (χ0v) is 18.6. The molecule has 2 N–H and O–H groups in total. The number of anilines is 1. The highest BCUT2D eigenvalue weighted by atomic mass is 35.5. The molecule has 0 spiro atoms. The molecule has 3 aromatic carbocycles. The Labute approximate surface area is 191 Å². The second-order valence-corrected chi connectivity index (χ2v) is 8.19. The molecule has 0 saturated carbocycles. The SMILES string of the molecule is COc1ccc(C)cc1Oc1cc(Cl)ccc1C1CC(=O)N(c2cccc(C(N)=O)c2)C1. The third-order valence-electron chi connectivity index (χ3n) is 5.52. The maximum atomic E-state index is 12.8. The number of halogens is 1. The van der Waals surface area contributed by atoms with Gasteiger partial charge in [0, 0.05) is 40.7 Å². The lowest BCUT2D eigenvalue weighted by atomic mass is 9.97. The first-order valence-corrected chi connectivity index (χ1v) is 10.6. The highest BCUT2D eigenvalue weighted by molar-refractivity contribution is 6.30. The van der Waals surface area contributed by atoms with Gasteiger partial charge in [-0.1, -0.05) is 29.8 Å². The fourth-order valence-corrected chi connectivity index (χ4v) is 4.07. The molecule has 1 saturated heterocycles. The van der Waals surface area contributed by atoms with Crippen LogP contribution in [-0.4, -0.2) is 25.5 Å². The van der Waals surface area contributed by atoms with Crippen molar-refractivity contribution in [2.45, 2.75) is 19.3 Å². The normalized spacial score (nSPS) is 15.7. The maximum Gasteiger partial charge on any atom is 0.248 e. The van der Waals surface area contributed by atoms with Crippen LogP contribution in [-0.2, 0) is 4.79 Å². The van der Waals surface area contributed by atoms with E-state index < -0.39 is 5.91 Å². The van der Waals surface area contributed by atoms with Gasteiger partial charge in [-0.2, -0.15) is 0 Å². The van der Waals surface area contributed by atoms with Crippen LogP contribution < -0.4 is 20.1 Å². The first-order chi connectivity index (χ1) is 15.4. The van der Waals surface area contributed by atoms with Crippen molar-refractivity contribution in [3.63, 3.8) is 0 Å². The topological polar surface area (TPSA) is 81.9 Å². The predicted octanol–water partition coefficient (Wildman–Crippen LogP) is 5.07. The van der Waals surface area contributed by atoms with Gasteiger partial charge in [0.1, 0.15) is 5.75 Å². The van der Waals surface area contributed by atoms with Crippen LogP contribution in [0.2, 0.25) is 5.02 Å². The quantitative estimate of drug-likeness (QED) is 0.568. The van der Waals surface area contributed by atoms with Gasteiger partial charge in [-0.3, -0.25) is 9.59 Å². The molecule has 0 aliphatic carbocycles. The lowest BCUT2D eigenvalue weighted by Gasteiger charge is -2.20. The number of hydrogen-bond acceptors (Lipinski definition) is 4. The standard InChI is InChI=1S/C25H23ClN2O4/c1-15-6-9-21(31-2)23(10-15)32-22-13-18(26)7-8-20(22)17-12-24(29)28(14-17)19-5-3-4-16(11-19)25(27)30/h3-11,13,17H,12,14H2,1-2H3,(H2,27,30). The van der Waals surface area contributed by atoms with Gasteiger partial charge in [0.2, 0.25) is 11.8 Å². The number of benzene rings is 3. The Hall–Kier alpha value is -3.51. The average Bonchev–Trinajstić information content (AvgIpc) is 3.15. The Balaban J connectivity index is 1.65. The number of carbonyl (C=O) groups is 2. The van der Waals surface area contributed by atoms with Gasteiger partial charge in [0.15, 0.2) is 11.5 Å². The molecule has 1 atom stereocenters. The van der Waals surface area contributed by atoms with Crippen molar-refractivity contribution < 1.29 is 19.1 Å². The predicted molar refractivity (Wildman–Crippen MR) is 124 cm³/mol. The summed E-state index contributed by atoms with van der Waals surface area (Å²) in [6, 6.07) is 17.9. The highest BCUT2D eigenvalue weighted by Gasteiger charge is 2.33. The zero-order valence-electron chi connectivity index (χ0n) is 17.8. The monoisotopic (exact) mass is 450 g/mol. The van der Waals surface area contributed by atoms with Gasteiger partial charge in [0.05, 0.1) is 7.11 Å². The number of methoxy groups -OCH3 is 1. The van der Waals surface area contributed by atoms with Crippen LogP contribution in [0, 0.1) is 6.92 Å². The first kappa shape index (κ1) is 21.7. The smallest absolute Gasteiger partial charge is 0.248 e. The number of hydrogen-bond donors (Lipinski definition) is 1. The third kappa shape index (κ3) is 4.41. The molecule has 32 heavy (non-hydrogen) atoms. The minimum Gasteiger partial charge on any atom is -0.493 e. The Kier molecular flexibility index (Phi) is 6.06. The van der Waals surface area contributed by atoms with Crippen LogP contribution in [0.1, 0.15) is 33.8 Å². The number of carbonyl (C=O) groups excluding carboxylic acids is 2. The van der Waals surface area contributed by atoms with Gasteiger partial charge in [-0.15, -0.1) is 0 Å². The minimum atomic E-state index is -0.532. The highest BCUT2D eigenvalue weighted by Crippen LogP contribution is 2.41. The van der Waals surface area contributed by atoms with E-state index in [0.29, 0.717) is 46.5 Å². The van der Waals surface area contributed by atoms with E-state index in [1.54, 1.807) is 48.4 Å². The van der Waals surface area contributed by atoms with E-state index in [-0.39, 0.29) is 11.8 Å². The van der Waals surface area contributed by atoms with Gasteiger partial charge in [-0.05, 0) is 55.0 Å². The number of amides is 2. The van der Waals surface area contributed by atoms with Crippen molar-refractivity contribution in [3.8, 4) is 17.2 Å². The van der Waals surface area contributed by atoms with E-state index in [0.717, 1.165) is 11.1 Å². The van der Waals surface area contributed by atoms with E-state index in [9.17, 15) is 9.59 Å². The largest absolute Gasteiger partial charge is 0.493 e. The number of ether oxygens (including phenoxy) is 2. The average molecular weight is 451 g/mol. The molecule has 1 aliphatic heterocycles. The van der Waals surface area contributed by atoms with Crippen LogP contribution in [0.3, 0.4) is 0 Å². The molecule has 4 rings (SSSR count). The third-order valence-corrected chi connectivity index (χ3v) is 5.76. The molecule has 1 unspecified atom stereocenters. The number of primary amides is 1. The fraction of sp³-hybridized carbons (Fsp3) is 0.200. The van der Waals surface area contributed by atoms with Crippen molar-refractivity contribution in [3.05, 3.63) is 82.4 Å². The molecule has 7 heteroatoms. The van der Waals surface area contributed by atoms with Crippen LogP contribution >= 0.6 is 11.6 Å². The molecule has 164 valence electrons. The summed E-state index contributed by atoms with van der Waals surface area (Å²) in [5, 5.41) is 0.533. The van der Waals surface area contributed by atoms with Gasteiger partial charge < -0.3 is 20.1 Å². The number of nitrogens with zero attached hydrogens (tertiary/aromatic N) is 1. The fourth-order valence-electron chi connectivity index (χ4n) is 3.91. The van der Waals surface area contributed by atoms with E-state index >= 15 is 0 Å². The van der Waals surface area contributed by atoms with Crippen molar-refractivity contribution >= 4 is 29.1 Å². The Bertz CT molecular complexity index is 1190. The summed E-state index contributed by atoms with van der Waals surface area (Å²) in [6.07, 6.45) is 0.309. The van der Waals surface area contributed by atoms with Crippen LogP contribution in [0.25, 0.3) is 0 Å². The van der Waals surface area contributed by atoms with Gasteiger partial charge in [-0.25, -0.2) is 0 Å². The molecule has 3 aromatic rings. The van der Waals surface area contributed by atoms with E-state index in [2.05, 4.69) is 0 Å². The Morgan fingerprint density at radius 1 is 1.06 bits per heavy atom. The number of aryl methyl sites for hydroxylation is 1. The molecule has 6 nitrogen and oxygen atoms in total. The Morgan fingerprint density at radius 3 is 2.62 bits per heavy atom. The lowest BCUT2D eigenvalue weighted by molar-refractivity contribution is -0.117. The molecule has 0 radical (unpaired) electrons. The minimum absolute atomic E-state index is 0.0364. The van der Waals surface area contributed by atoms with Crippen LogP contribution in [0.4, 0.5) is 5.69 Å². The second kappa shape index (κ2) is 8.93. The summed E-state index contributed by atoms with van der Waals surface area (Å²) in [5.74, 6) is 1.08. The van der Waals surface area contributed by atoms with Crippen molar-refractivity contribution in [1.29, 1.82) is 0 Å². The molecule has 0 aromatic heterocycles. The molecule has 2 amide bonds. The molecule has 0 bridgehead atoms. The van der Waals surface area contributed by atoms with E-state index in [1.807, 2.05) is 31.2 Å². The van der Waals surface area contributed by atoms with Crippen molar-refractivity contribution in [2.75, 3.05) is 18.6 Å². The zero-order chi connectivity index (χ0) is 22.8. The van der Waals surface area contributed by atoms with Crippen molar-refractivity contribution in [2.24, 2.45) is 5.73 Å². The molecule has 1 fully saturated rings. The summed E-state index contributed by atoms with van der Waals surface area (Å²) in [7, 11) is 1.59. The number of rotatable bonds is 6. The van der Waals surface area contributed by atoms with E-state index in [1.165, 1.54) is 0 Å². The second-order valence-electron chi connectivity index (χ2n) is 7.76. The summed E-state index contributed by atoms with van der Waals surface area (Å²) in [5.41, 5.74) is 8.30. The van der Waals surface area contributed by atoms with Gasteiger partial charge in [0.25, 0.3) is 0 Å². The lowest BCUT2D eigenvalue weighted by Crippen LogP contribution is -2.24. The Morgan fingerprint density at radius 2 is 1.88 bits per heavy atom. The molecular formula is C25H23ClN2O4. The summed E-state index contributed by atoms with van der Waals surface area (Å²) in [6.45, 7) is 2.42. The number of nitrogens with two attached hydrogens (primary N) is 1. The summed E-state index contributed by atoms with van der Waals surface area (Å²) >= 11 is 6.26. The molecule has 1 aliphatic rings. The first-order valence-electron chi connectivity index (χ1n) is 10.2. The maximum absolute atomic E-state index is 12.8. The van der Waals surface area contributed by atoms with Crippen molar-refractivity contribution in [1.82, 2.24) is 0 Å². The van der Waals surface area contributed by atoms with E-state index in [4.69, 9.17) is 26.8 Å². The summed E-state index contributed by atoms with van der Waals surface area (Å²) < 4.78 is 11.7. The molecule has 1 heterocycles. The van der Waals surface area contributed by atoms with Gasteiger partial charge >= 0.3 is 0 Å². The molecular weight excluding hydrogens is 428 g/mol.